The van der Waals surface area contributed by atoms with E-state index < -0.39 is 53.8 Å². The second-order valence-electron chi connectivity index (χ2n) is 8.76. The van der Waals surface area contributed by atoms with Gasteiger partial charge in [-0.3, -0.25) is 4.57 Å². The van der Waals surface area contributed by atoms with E-state index in [1.54, 1.807) is 4.90 Å². The minimum atomic E-state index is -4.68. The van der Waals surface area contributed by atoms with E-state index >= 15 is 0 Å². The molecule has 3 aromatic rings. The Morgan fingerprint density at radius 3 is 2.38 bits per heavy atom. The zero-order valence-corrected chi connectivity index (χ0v) is 19.9. The van der Waals surface area contributed by atoms with E-state index in [9.17, 15) is 35.9 Å². The highest BCUT2D eigenvalue weighted by Crippen LogP contribution is 2.30. The Labute approximate surface area is 215 Å². The number of carbonyl (C=O) groups excluding carboxylic acids is 1. The molecule has 2 aliphatic rings. The van der Waals surface area contributed by atoms with Gasteiger partial charge in [-0.15, -0.1) is 0 Å². The summed E-state index contributed by atoms with van der Waals surface area (Å²) >= 11 is 0. The molecule has 0 spiro atoms. The van der Waals surface area contributed by atoms with Crippen molar-refractivity contribution < 1.29 is 31.1 Å². The van der Waals surface area contributed by atoms with Crippen LogP contribution in [0.2, 0.25) is 0 Å². The lowest BCUT2D eigenvalue weighted by molar-refractivity contribution is -0.141. The number of rotatable bonds is 4. The van der Waals surface area contributed by atoms with E-state index in [-0.39, 0.29) is 48.7 Å². The van der Waals surface area contributed by atoms with Crippen molar-refractivity contribution in [2.75, 3.05) is 31.1 Å². The number of alkyl halides is 3. The molecule has 0 aliphatic carbocycles. The maximum Gasteiger partial charge on any atom is 0.406 e. The molecule has 206 valence electrons. The largest absolute Gasteiger partial charge is 0.406 e. The van der Waals surface area contributed by atoms with Crippen LogP contribution in [0, 0.1) is 17.5 Å². The van der Waals surface area contributed by atoms with Crippen LogP contribution in [-0.2, 0) is 6.54 Å². The zero-order chi connectivity index (χ0) is 27.9. The van der Waals surface area contributed by atoms with Crippen molar-refractivity contribution in [3.05, 3.63) is 64.2 Å². The number of nitrogens with zero attached hydrogens (tertiary/aromatic N) is 9. The van der Waals surface area contributed by atoms with Crippen molar-refractivity contribution >= 4 is 18.2 Å². The SMILES string of the molecule is O=C(N1CCN(c2ncc(F)c(-n3ncn(CC(F)(F)F)c3=O)n2)CC1)N1N=CCC1c1cc(F)cc(F)c1. The van der Waals surface area contributed by atoms with Gasteiger partial charge in [0, 0.05) is 44.9 Å². The van der Waals surface area contributed by atoms with Crippen LogP contribution in [0.15, 0.2) is 40.6 Å². The number of anilines is 1. The van der Waals surface area contributed by atoms with Gasteiger partial charge < -0.3 is 9.80 Å². The second kappa shape index (κ2) is 10.0. The Morgan fingerprint density at radius 1 is 1.03 bits per heavy atom. The van der Waals surface area contributed by atoms with Gasteiger partial charge in [0.15, 0.2) is 11.6 Å². The van der Waals surface area contributed by atoms with E-state index in [1.165, 1.54) is 11.1 Å². The van der Waals surface area contributed by atoms with Crippen LogP contribution in [0.4, 0.5) is 37.1 Å². The number of carbonyl (C=O) groups is 1. The summed E-state index contributed by atoms with van der Waals surface area (Å²) in [5, 5.41) is 8.76. The maximum atomic E-state index is 14.4. The van der Waals surface area contributed by atoms with E-state index in [4.69, 9.17) is 0 Å². The standard InChI is InChI=1S/C22H19F6N9O2/c23-14-7-13(8-15(24)9-14)17-1-2-30-36(17)20(38)34-5-3-33(4-6-34)19-29-10-16(25)18(32-19)37-21(39)35(12-31-37)11-22(26,27)28/h2,7-10,12,17H,1,3-6,11H2. The van der Waals surface area contributed by atoms with Crippen LogP contribution in [-0.4, -0.2) is 78.8 Å². The molecule has 2 amide bonds. The lowest BCUT2D eigenvalue weighted by atomic mass is 10.0. The van der Waals surface area contributed by atoms with Crippen LogP contribution in [0.3, 0.4) is 0 Å². The first-order chi connectivity index (χ1) is 18.5. The lowest BCUT2D eigenvalue weighted by Crippen LogP contribution is -2.52. The summed E-state index contributed by atoms with van der Waals surface area (Å²) in [4.78, 5) is 36.4. The first-order valence-corrected chi connectivity index (χ1v) is 11.6. The third-order valence-electron chi connectivity index (χ3n) is 6.13. The third kappa shape index (κ3) is 5.42. The Kier molecular flexibility index (Phi) is 6.73. The molecular formula is C22H19F6N9O2. The Balaban J connectivity index is 1.28. The van der Waals surface area contributed by atoms with Crippen LogP contribution in [0.5, 0.6) is 0 Å². The quantitative estimate of drug-likeness (QED) is 0.459. The second-order valence-corrected chi connectivity index (χ2v) is 8.76. The number of aromatic nitrogens is 5. The number of hydrogen-bond acceptors (Lipinski definition) is 7. The van der Waals surface area contributed by atoms with Gasteiger partial charge in [-0.25, -0.2) is 32.8 Å². The minimum Gasteiger partial charge on any atom is -0.337 e. The van der Waals surface area contributed by atoms with Gasteiger partial charge in [0.05, 0.1) is 12.2 Å². The molecule has 17 heteroatoms. The summed E-state index contributed by atoms with van der Waals surface area (Å²) in [5.41, 5.74) is -0.970. The number of piperazine rings is 1. The minimum absolute atomic E-state index is 0.0249. The molecule has 2 aromatic heterocycles. The number of urea groups is 1. The molecule has 1 fully saturated rings. The van der Waals surface area contributed by atoms with Crippen molar-refractivity contribution in [2.24, 2.45) is 5.10 Å². The maximum absolute atomic E-state index is 14.4. The zero-order valence-electron chi connectivity index (χ0n) is 19.9. The molecule has 0 radical (unpaired) electrons. The topological polar surface area (TPSA) is 105 Å². The van der Waals surface area contributed by atoms with Crippen molar-refractivity contribution in [3.63, 3.8) is 0 Å². The molecule has 1 saturated heterocycles. The average molecular weight is 555 g/mol. The number of halogens is 6. The lowest BCUT2D eigenvalue weighted by Gasteiger charge is -2.37. The van der Waals surface area contributed by atoms with Crippen LogP contribution >= 0.6 is 0 Å². The van der Waals surface area contributed by atoms with Crippen molar-refractivity contribution in [2.45, 2.75) is 25.2 Å². The van der Waals surface area contributed by atoms with Gasteiger partial charge in [-0.1, -0.05) is 0 Å². The van der Waals surface area contributed by atoms with Gasteiger partial charge >= 0.3 is 17.9 Å². The fourth-order valence-corrected chi connectivity index (χ4v) is 4.32. The average Bonchev–Trinajstić information content (AvgIpc) is 3.50. The summed E-state index contributed by atoms with van der Waals surface area (Å²) in [7, 11) is 0. The van der Waals surface area contributed by atoms with Gasteiger partial charge in [-0.2, -0.15) is 33.0 Å². The van der Waals surface area contributed by atoms with Crippen molar-refractivity contribution in [3.8, 4) is 5.82 Å². The van der Waals surface area contributed by atoms with Gasteiger partial charge in [0.1, 0.15) is 24.5 Å². The summed E-state index contributed by atoms with van der Waals surface area (Å²) in [6, 6.07) is 1.85. The van der Waals surface area contributed by atoms with E-state index in [0.29, 0.717) is 11.0 Å². The molecule has 4 heterocycles. The molecule has 1 aromatic carbocycles. The molecule has 5 rings (SSSR count). The fraction of sp³-hybridized carbons (Fsp3) is 0.364. The number of hydrogen-bond donors (Lipinski definition) is 0. The molecule has 1 atom stereocenters. The highest BCUT2D eigenvalue weighted by molar-refractivity contribution is 5.78. The third-order valence-corrected chi connectivity index (χ3v) is 6.13. The summed E-state index contributed by atoms with van der Waals surface area (Å²) in [6.45, 7) is -0.913. The molecule has 0 saturated carbocycles. The molecular weight excluding hydrogens is 536 g/mol. The summed E-state index contributed by atoms with van der Waals surface area (Å²) < 4.78 is 80.6. The monoisotopic (exact) mass is 555 g/mol. The van der Waals surface area contributed by atoms with Crippen molar-refractivity contribution in [1.29, 1.82) is 0 Å². The Morgan fingerprint density at radius 2 is 1.72 bits per heavy atom. The molecule has 11 nitrogen and oxygen atoms in total. The normalized spacial score (nSPS) is 17.8. The predicted octanol–water partition coefficient (Wildman–Crippen LogP) is 2.48. The van der Waals surface area contributed by atoms with E-state index in [0.717, 1.165) is 29.4 Å². The van der Waals surface area contributed by atoms with Gasteiger partial charge in [0.25, 0.3) is 0 Å². The Hall–Kier alpha value is -4.44. The molecule has 0 N–H and O–H groups in total. The first kappa shape index (κ1) is 26.2. The van der Waals surface area contributed by atoms with Crippen LogP contribution in [0.1, 0.15) is 18.0 Å². The first-order valence-electron chi connectivity index (χ1n) is 11.6. The molecule has 2 aliphatic heterocycles. The molecule has 39 heavy (non-hydrogen) atoms. The van der Waals surface area contributed by atoms with E-state index in [2.05, 4.69) is 20.2 Å². The molecule has 1 unspecified atom stereocenters. The fourth-order valence-electron chi connectivity index (χ4n) is 4.32. The highest BCUT2D eigenvalue weighted by atomic mass is 19.4. The number of benzene rings is 1. The Bertz CT molecular complexity index is 1460. The summed E-state index contributed by atoms with van der Waals surface area (Å²) in [5.74, 6) is -3.26. The molecule has 0 bridgehead atoms. The van der Waals surface area contributed by atoms with Crippen LogP contribution in [0.25, 0.3) is 5.82 Å². The van der Waals surface area contributed by atoms with Gasteiger partial charge in [0.2, 0.25) is 5.95 Å². The smallest absolute Gasteiger partial charge is 0.337 e. The van der Waals surface area contributed by atoms with Crippen LogP contribution < -0.4 is 10.6 Å². The number of amides is 2. The highest BCUT2D eigenvalue weighted by Gasteiger charge is 2.34. The predicted molar refractivity (Wildman–Crippen MR) is 123 cm³/mol. The van der Waals surface area contributed by atoms with Gasteiger partial charge in [-0.05, 0) is 17.7 Å². The summed E-state index contributed by atoms with van der Waals surface area (Å²) in [6.07, 6.45) is -1.52. The van der Waals surface area contributed by atoms with Crippen molar-refractivity contribution in [1.82, 2.24) is 34.2 Å². The van der Waals surface area contributed by atoms with E-state index in [1.807, 2.05) is 0 Å². The number of hydrazone groups is 1.